The summed E-state index contributed by atoms with van der Waals surface area (Å²) in [5.74, 6) is 1.05. The summed E-state index contributed by atoms with van der Waals surface area (Å²) in [5, 5.41) is 13.1. The number of halogens is 1. The van der Waals surface area contributed by atoms with E-state index in [1.807, 2.05) is 50.4 Å². The van der Waals surface area contributed by atoms with Gasteiger partial charge in [0.2, 0.25) is 0 Å². The Balaban J connectivity index is 1.17. The second kappa shape index (κ2) is 14.9. The van der Waals surface area contributed by atoms with Gasteiger partial charge in [0.25, 0.3) is 5.91 Å². The third-order valence-electron chi connectivity index (χ3n) is 7.81. The van der Waals surface area contributed by atoms with Gasteiger partial charge in [0.15, 0.2) is 0 Å². The minimum atomic E-state index is -0.260. The minimum absolute atomic E-state index is 0.00558. The number of nitrogens with zero attached hydrogens (tertiary/aromatic N) is 4. The van der Waals surface area contributed by atoms with Gasteiger partial charge >= 0.3 is 0 Å². The fourth-order valence-corrected chi connectivity index (χ4v) is 5.59. The molecule has 1 aliphatic rings. The highest BCUT2D eigenvalue weighted by atomic mass is 19.1. The van der Waals surface area contributed by atoms with Crippen molar-refractivity contribution in [2.75, 3.05) is 45.9 Å². The lowest BCUT2D eigenvalue weighted by atomic mass is 10.1. The summed E-state index contributed by atoms with van der Waals surface area (Å²) in [6, 6.07) is 21.4. The molecule has 44 heavy (non-hydrogen) atoms. The Morgan fingerprint density at radius 1 is 0.977 bits per heavy atom. The van der Waals surface area contributed by atoms with Gasteiger partial charge < -0.3 is 24.3 Å². The maximum Gasteiger partial charge on any atom is 0.253 e. The Morgan fingerprint density at radius 3 is 2.43 bits per heavy atom. The van der Waals surface area contributed by atoms with Crippen LogP contribution in [0.1, 0.15) is 41.8 Å². The number of aryl methyl sites for hydroxylation is 1. The molecule has 9 heteroatoms. The summed E-state index contributed by atoms with van der Waals surface area (Å²) in [5.41, 5.74) is 3.00. The van der Waals surface area contributed by atoms with E-state index < -0.39 is 0 Å². The van der Waals surface area contributed by atoms with Crippen LogP contribution in [0.3, 0.4) is 0 Å². The Labute approximate surface area is 258 Å². The molecule has 0 bridgehead atoms. The van der Waals surface area contributed by atoms with E-state index in [1.165, 1.54) is 12.1 Å². The lowest BCUT2D eigenvalue weighted by Gasteiger charge is -2.34. The van der Waals surface area contributed by atoms with Crippen LogP contribution >= 0.6 is 0 Å². The predicted octanol–water partition coefficient (Wildman–Crippen LogP) is 5.46. The van der Waals surface area contributed by atoms with Crippen molar-refractivity contribution >= 4 is 16.8 Å². The van der Waals surface area contributed by atoms with E-state index in [4.69, 9.17) is 9.47 Å². The molecule has 1 aromatic heterocycles. The van der Waals surface area contributed by atoms with E-state index in [2.05, 4.69) is 25.8 Å². The summed E-state index contributed by atoms with van der Waals surface area (Å²) in [6.45, 7) is 11.4. The Kier molecular flexibility index (Phi) is 10.5. The number of benzene rings is 3. The zero-order valence-corrected chi connectivity index (χ0v) is 25.5. The van der Waals surface area contributed by atoms with Gasteiger partial charge in [0, 0.05) is 57.4 Å². The first kappa shape index (κ1) is 31.0. The molecule has 1 aliphatic heterocycles. The van der Waals surface area contributed by atoms with Gasteiger partial charge in [0.1, 0.15) is 23.9 Å². The normalized spacial score (nSPS) is 14.1. The number of aromatic nitrogens is 1. The molecule has 0 unspecified atom stereocenters. The number of ether oxygens (including phenoxy) is 2. The van der Waals surface area contributed by atoms with Crippen LogP contribution in [0.4, 0.5) is 4.39 Å². The highest BCUT2D eigenvalue weighted by Gasteiger charge is 2.20. The molecule has 1 N–H and O–H groups in total. The minimum Gasteiger partial charge on any atom is -0.492 e. The van der Waals surface area contributed by atoms with Crippen molar-refractivity contribution in [3.8, 4) is 17.6 Å². The molecule has 3 aromatic carbocycles. The van der Waals surface area contributed by atoms with Crippen molar-refractivity contribution in [2.24, 2.45) is 0 Å². The molecular weight excluding hydrogens is 557 g/mol. The second-order valence-corrected chi connectivity index (χ2v) is 11.4. The maximum absolute atomic E-state index is 13.4. The Bertz CT molecular complexity index is 1590. The van der Waals surface area contributed by atoms with E-state index in [0.717, 1.165) is 74.5 Å². The molecule has 0 aliphatic carbocycles. The predicted molar refractivity (Wildman–Crippen MR) is 169 cm³/mol. The number of hydrogen-bond donors (Lipinski definition) is 1. The van der Waals surface area contributed by atoms with Crippen LogP contribution in [0.5, 0.6) is 11.5 Å². The van der Waals surface area contributed by atoms with Crippen LogP contribution in [0, 0.1) is 17.1 Å². The largest absolute Gasteiger partial charge is 0.492 e. The fraction of sp³-hybridized carbons (Fsp3) is 0.371. The molecule has 8 nitrogen and oxygen atoms in total. The number of fused-ring (bicyclic) bond motifs is 1. The lowest BCUT2D eigenvalue weighted by Crippen LogP contribution is -2.47. The van der Waals surface area contributed by atoms with Gasteiger partial charge in [-0.15, -0.1) is 0 Å². The van der Waals surface area contributed by atoms with Crippen LogP contribution in [0.2, 0.25) is 0 Å². The molecule has 0 spiro atoms. The van der Waals surface area contributed by atoms with Gasteiger partial charge in [0.05, 0.1) is 28.8 Å². The highest BCUT2D eigenvalue weighted by molar-refractivity contribution is 6.08. The quantitative estimate of drug-likeness (QED) is 0.221. The first-order valence-electron chi connectivity index (χ1n) is 15.3. The first-order chi connectivity index (χ1) is 21.4. The summed E-state index contributed by atoms with van der Waals surface area (Å²) in [7, 11) is 0. The average Bonchev–Trinajstić information content (AvgIpc) is 3.41. The Hall–Kier alpha value is -4.39. The van der Waals surface area contributed by atoms with Crippen LogP contribution < -0.4 is 14.8 Å². The number of carbonyl (C=O) groups is 1. The van der Waals surface area contributed by atoms with E-state index in [9.17, 15) is 14.4 Å². The smallest absolute Gasteiger partial charge is 0.253 e. The van der Waals surface area contributed by atoms with Crippen LogP contribution in [-0.4, -0.2) is 72.3 Å². The number of piperazine rings is 1. The molecule has 4 aromatic rings. The van der Waals surface area contributed by atoms with Gasteiger partial charge in [-0.3, -0.25) is 9.69 Å². The van der Waals surface area contributed by atoms with Crippen LogP contribution in [0.15, 0.2) is 72.9 Å². The van der Waals surface area contributed by atoms with Crippen molar-refractivity contribution in [2.45, 2.75) is 39.5 Å². The zero-order chi connectivity index (χ0) is 30.9. The number of para-hydroxylation sites is 1. The topological polar surface area (TPSA) is 82.8 Å². The molecule has 2 heterocycles. The fourth-order valence-electron chi connectivity index (χ4n) is 5.59. The molecular formula is C35H40FN5O3. The van der Waals surface area contributed by atoms with Crippen molar-refractivity contribution in [3.63, 3.8) is 0 Å². The molecule has 1 saturated heterocycles. The molecule has 230 valence electrons. The first-order valence-corrected chi connectivity index (χ1v) is 15.3. The molecule has 0 radical (unpaired) electrons. The summed E-state index contributed by atoms with van der Waals surface area (Å²) in [6.07, 6.45) is 2.89. The van der Waals surface area contributed by atoms with Crippen molar-refractivity contribution in [1.29, 1.82) is 5.26 Å². The Morgan fingerprint density at radius 2 is 1.70 bits per heavy atom. The number of nitriles is 1. The SMILES string of the molecule is CC(C)Oc1cccc2c(C(=O)NCc3cccc(C#N)c3)cn(CCCN3CCN(CCOc4ccc(F)cc4)CC3)c12. The highest BCUT2D eigenvalue weighted by Crippen LogP contribution is 2.31. The number of amides is 1. The standard InChI is InChI=1S/C35H40FN5O3/c1-26(2)44-33-9-4-8-31-32(35(42)38-24-28-7-3-6-27(22-28)23-37)25-41(34(31)33)15-5-14-39-16-18-40(19-17-39)20-21-43-30-12-10-29(36)11-13-30/h3-4,6-13,22,25-26H,5,14-21,24H2,1-2H3,(H,38,42). The number of nitrogens with one attached hydrogen (secondary N) is 1. The second-order valence-electron chi connectivity index (χ2n) is 11.4. The van der Waals surface area contributed by atoms with E-state index >= 15 is 0 Å². The number of rotatable bonds is 13. The molecule has 1 amide bonds. The molecule has 1 fully saturated rings. The molecule has 0 atom stereocenters. The van der Waals surface area contributed by atoms with Gasteiger partial charge in [-0.05, 0) is 74.8 Å². The zero-order valence-electron chi connectivity index (χ0n) is 25.5. The van der Waals surface area contributed by atoms with Crippen LogP contribution in [0.25, 0.3) is 10.9 Å². The van der Waals surface area contributed by atoms with E-state index in [0.29, 0.717) is 30.0 Å². The third kappa shape index (κ3) is 8.16. The maximum atomic E-state index is 13.4. The molecule has 5 rings (SSSR count). The van der Waals surface area contributed by atoms with E-state index in [-0.39, 0.29) is 17.8 Å². The summed E-state index contributed by atoms with van der Waals surface area (Å²) >= 11 is 0. The summed E-state index contributed by atoms with van der Waals surface area (Å²) < 4.78 is 27.2. The van der Waals surface area contributed by atoms with Crippen molar-refractivity contribution in [1.82, 2.24) is 19.7 Å². The van der Waals surface area contributed by atoms with E-state index in [1.54, 1.807) is 24.3 Å². The monoisotopic (exact) mass is 597 g/mol. The number of hydrogen-bond acceptors (Lipinski definition) is 6. The van der Waals surface area contributed by atoms with Crippen LogP contribution in [-0.2, 0) is 13.1 Å². The third-order valence-corrected chi connectivity index (χ3v) is 7.81. The average molecular weight is 598 g/mol. The van der Waals surface area contributed by atoms with Gasteiger partial charge in [-0.2, -0.15) is 5.26 Å². The van der Waals surface area contributed by atoms with Gasteiger partial charge in [-0.25, -0.2) is 4.39 Å². The lowest BCUT2D eigenvalue weighted by molar-refractivity contribution is 0.0952. The number of carbonyl (C=O) groups excluding carboxylic acids is 1. The van der Waals surface area contributed by atoms with Crippen molar-refractivity contribution in [3.05, 3.63) is 95.4 Å². The van der Waals surface area contributed by atoms with Gasteiger partial charge in [-0.1, -0.05) is 24.3 Å². The van der Waals surface area contributed by atoms with Crippen molar-refractivity contribution < 1.29 is 18.7 Å². The summed E-state index contributed by atoms with van der Waals surface area (Å²) in [4.78, 5) is 18.3. The molecule has 0 saturated carbocycles.